The molecule has 128 valence electrons. The minimum atomic E-state index is 0.224. The number of carbonyl (C=O) groups is 1. The van der Waals surface area contributed by atoms with Gasteiger partial charge < -0.3 is 14.4 Å². The quantitative estimate of drug-likeness (QED) is 0.857. The third-order valence-corrected chi connectivity index (χ3v) is 4.89. The van der Waals surface area contributed by atoms with E-state index in [4.69, 9.17) is 9.47 Å². The molecule has 1 atom stereocenters. The van der Waals surface area contributed by atoms with E-state index in [0.717, 1.165) is 41.5 Å². The summed E-state index contributed by atoms with van der Waals surface area (Å²) in [5.41, 5.74) is 1.04. The normalized spacial score (nSPS) is 17.8. The van der Waals surface area contributed by atoms with Gasteiger partial charge in [0.05, 0.1) is 20.6 Å². The van der Waals surface area contributed by atoms with Gasteiger partial charge in [0.1, 0.15) is 0 Å². The largest absolute Gasteiger partial charge is 0.493 e. The van der Waals surface area contributed by atoms with E-state index < -0.39 is 0 Å². The summed E-state index contributed by atoms with van der Waals surface area (Å²) in [6.45, 7) is 3.03. The zero-order chi connectivity index (χ0) is 17.1. The third kappa shape index (κ3) is 3.32. The van der Waals surface area contributed by atoms with Gasteiger partial charge in [-0.05, 0) is 54.7 Å². The molecular formula is C20H25NO3. The molecule has 0 aliphatic carbocycles. The summed E-state index contributed by atoms with van der Waals surface area (Å²) in [7, 11) is 3.27. The van der Waals surface area contributed by atoms with Gasteiger partial charge in [-0.2, -0.15) is 0 Å². The van der Waals surface area contributed by atoms with Gasteiger partial charge in [0.25, 0.3) is 0 Å². The minimum absolute atomic E-state index is 0.224. The van der Waals surface area contributed by atoms with E-state index in [9.17, 15) is 4.79 Å². The van der Waals surface area contributed by atoms with Crippen LogP contribution in [0.2, 0.25) is 0 Å². The van der Waals surface area contributed by atoms with Gasteiger partial charge >= 0.3 is 0 Å². The molecule has 3 rings (SSSR count). The van der Waals surface area contributed by atoms with Crippen LogP contribution >= 0.6 is 0 Å². The number of hydrogen-bond donors (Lipinski definition) is 0. The average Bonchev–Trinajstić information content (AvgIpc) is 2.60. The molecule has 1 aliphatic heterocycles. The molecule has 0 bridgehead atoms. The molecule has 1 heterocycles. The standard InChI is InChI=1S/C20H25NO3/c1-14-6-4-5-9-21(14)20(22)11-15-7-8-16-12-18(23-2)19(24-3)13-17(16)10-15/h7-8,10,12-14H,4-6,9,11H2,1-3H3. The van der Waals surface area contributed by atoms with Crippen molar-refractivity contribution in [3.8, 4) is 11.5 Å². The number of hydrogen-bond acceptors (Lipinski definition) is 3. The van der Waals surface area contributed by atoms with Gasteiger partial charge in [-0.25, -0.2) is 0 Å². The Bertz CT molecular complexity index is 741. The Morgan fingerprint density at radius 3 is 2.46 bits per heavy atom. The van der Waals surface area contributed by atoms with Crippen molar-refractivity contribution in [3.05, 3.63) is 35.9 Å². The van der Waals surface area contributed by atoms with Crippen LogP contribution < -0.4 is 9.47 Å². The molecule has 1 fully saturated rings. The van der Waals surface area contributed by atoms with Crippen molar-refractivity contribution in [1.29, 1.82) is 0 Å². The summed E-state index contributed by atoms with van der Waals surface area (Å²) >= 11 is 0. The smallest absolute Gasteiger partial charge is 0.227 e. The summed E-state index contributed by atoms with van der Waals surface area (Å²) in [6, 6.07) is 10.4. The molecule has 0 radical (unpaired) electrons. The third-order valence-electron chi connectivity index (χ3n) is 4.89. The van der Waals surface area contributed by atoms with Crippen molar-refractivity contribution >= 4 is 16.7 Å². The summed E-state index contributed by atoms with van der Waals surface area (Å²) in [4.78, 5) is 14.6. The van der Waals surface area contributed by atoms with E-state index in [0.29, 0.717) is 18.2 Å². The first-order valence-corrected chi connectivity index (χ1v) is 8.56. The van der Waals surface area contributed by atoms with Crippen molar-refractivity contribution < 1.29 is 14.3 Å². The lowest BCUT2D eigenvalue weighted by Crippen LogP contribution is -2.42. The first kappa shape index (κ1) is 16.6. The fourth-order valence-corrected chi connectivity index (χ4v) is 3.48. The topological polar surface area (TPSA) is 38.8 Å². The Morgan fingerprint density at radius 1 is 1.08 bits per heavy atom. The zero-order valence-corrected chi connectivity index (χ0v) is 14.7. The average molecular weight is 327 g/mol. The number of carbonyl (C=O) groups excluding carboxylic acids is 1. The molecule has 4 heteroatoms. The molecule has 4 nitrogen and oxygen atoms in total. The second-order valence-corrected chi connectivity index (χ2v) is 6.50. The molecule has 0 aromatic heterocycles. The lowest BCUT2D eigenvalue weighted by molar-refractivity contribution is -0.133. The zero-order valence-electron chi connectivity index (χ0n) is 14.7. The van der Waals surface area contributed by atoms with Crippen LogP contribution in [0.3, 0.4) is 0 Å². The number of ether oxygens (including phenoxy) is 2. The van der Waals surface area contributed by atoms with Crippen LogP contribution in [-0.4, -0.2) is 37.6 Å². The number of fused-ring (bicyclic) bond motifs is 1. The van der Waals surface area contributed by atoms with Gasteiger partial charge in [-0.1, -0.05) is 18.2 Å². The van der Waals surface area contributed by atoms with Crippen LogP contribution in [-0.2, 0) is 11.2 Å². The molecule has 1 unspecified atom stereocenters. The molecule has 0 N–H and O–H groups in total. The minimum Gasteiger partial charge on any atom is -0.493 e. The van der Waals surface area contributed by atoms with Crippen LogP contribution in [0.1, 0.15) is 31.7 Å². The SMILES string of the molecule is COc1cc2ccc(CC(=O)N3CCCCC3C)cc2cc1OC. The number of rotatable bonds is 4. The molecule has 0 saturated carbocycles. The van der Waals surface area contributed by atoms with Crippen molar-refractivity contribution in [2.24, 2.45) is 0 Å². The molecule has 2 aromatic rings. The number of benzene rings is 2. The van der Waals surface area contributed by atoms with Crippen LogP contribution in [0.4, 0.5) is 0 Å². The molecule has 1 saturated heterocycles. The lowest BCUT2D eigenvalue weighted by atomic mass is 10.0. The van der Waals surface area contributed by atoms with E-state index >= 15 is 0 Å². The van der Waals surface area contributed by atoms with E-state index in [1.54, 1.807) is 14.2 Å². The van der Waals surface area contributed by atoms with Crippen molar-refractivity contribution in [3.63, 3.8) is 0 Å². The second kappa shape index (κ2) is 7.12. The summed E-state index contributed by atoms with van der Waals surface area (Å²) in [5, 5.41) is 2.14. The monoisotopic (exact) mass is 327 g/mol. The Balaban J connectivity index is 1.83. The molecular weight excluding hydrogens is 302 g/mol. The number of likely N-dealkylation sites (tertiary alicyclic amines) is 1. The molecule has 2 aromatic carbocycles. The predicted molar refractivity (Wildman–Crippen MR) is 95.8 cm³/mol. The van der Waals surface area contributed by atoms with Crippen molar-refractivity contribution in [2.45, 2.75) is 38.6 Å². The fraction of sp³-hybridized carbons (Fsp3) is 0.450. The predicted octanol–water partition coefficient (Wildman–Crippen LogP) is 3.80. The second-order valence-electron chi connectivity index (χ2n) is 6.50. The molecule has 1 aliphatic rings. The maximum absolute atomic E-state index is 12.6. The number of methoxy groups -OCH3 is 2. The maximum Gasteiger partial charge on any atom is 0.227 e. The van der Waals surface area contributed by atoms with Gasteiger partial charge in [0.15, 0.2) is 11.5 Å². The van der Waals surface area contributed by atoms with Crippen LogP contribution in [0.5, 0.6) is 11.5 Å². The van der Waals surface area contributed by atoms with Crippen LogP contribution in [0, 0.1) is 0 Å². The molecule has 24 heavy (non-hydrogen) atoms. The van der Waals surface area contributed by atoms with Crippen molar-refractivity contribution in [1.82, 2.24) is 4.90 Å². The van der Waals surface area contributed by atoms with Crippen LogP contribution in [0.15, 0.2) is 30.3 Å². The maximum atomic E-state index is 12.6. The van der Waals surface area contributed by atoms with E-state index in [-0.39, 0.29) is 5.91 Å². The first-order valence-electron chi connectivity index (χ1n) is 8.56. The summed E-state index contributed by atoms with van der Waals surface area (Å²) in [5.74, 6) is 1.65. The Hall–Kier alpha value is -2.23. The van der Waals surface area contributed by atoms with E-state index in [2.05, 4.69) is 13.0 Å². The highest BCUT2D eigenvalue weighted by Gasteiger charge is 2.23. The Labute approximate surface area is 143 Å². The highest BCUT2D eigenvalue weighted by molar-refractivity contribution is 5.88. The fourth-order valence-electron chi connectivity index (χ4n) is 3.48. The van der Waals surface area contributed by atoms with Gasteiger partial charge in [-0.3, -0.25) is 4.79 Å². The van der Waals surface area contributed by atoms with Crippen molar-refractivity contribution in [2.75, 3.05) is 20.8 Å². The van der Waals surface area contributed by atoms with E-state index in [1.165, 1.54) is 6.42 Å². The van der Waals surface area contributed by atoms with Gasteiger partial charge in [0.2, 0.25) is 5.91 Å². The Morgan fingerprint density at radius 2 is 1.79 bits per heavy atom. The molecule has 1 amide bonds. The number of nitrogens with zero attached hydrogens (tertiary/aromatic N) is 1. The Kier molecular flexibility index (Phi) is 4.93. The highest BCUT2D eigenvalue weighted by Crippen LogP contribution is 2.32. The number of amides is 1. The van der Waals surface area contributed by atoms with Gasteiger partial charge in [-0.15, -0.1) is 0 Å². The molecule has 0 spiro atoms. The summed E-state index contributed by atoms with van der Waals surface area (Å²) in [6.07, 6.45) is 3.91. The first-order chi connectivity index (χ1) is 11.6. The summed E-state index contributed by atoms with van der Waals surface area (Å²) < 4.78 is 10.7. The lowest BCUT2D eigenvalue weighted by Gasteiger charge is -2.33. The number of piperidine rings is 1. The van der Waals surface area contributed by atoms with Gasteiger partial charge in [0, 0.05) is 12.6 Å². The van der Waals surface area contributed by atoms with E-state index in [1.807, 2.05) is 29.2 Å². The van der Waals surface area contributed by atoms with Crippen LogP contribution in [0.25, 0.3) is 10.8 Å². The highest BCUT2D eigenvalue weighted by atomic mass is 16.5.